The number of fused-ring (bicyclic) bond motifs is 2. The van der Waals surface area contributed by atoms with Crippen LogP contribution in [0.4, 0.5) is 0 Å². The van der Waals surface area contributed by atoms with Crippen LogP contribution in [0.5, 0.6) is 5.75 Å². The third-order valence-corrected chi connectivity index (χ3v) is 7.90. The van der Waals surface area contributed by atoms with E-state index in [9.17, 15) is 8.42 Å². The average molecular weight is 435 g/mol. The Hall–Kier alpha value is -1.66. The van der Waals surface area contributed by atoms with Gasteiger partial charge in [-0.3, -0.25) is 0 Å². The number of piperidine rings is 2. The largest absolute Gasteiger partial charge is 0.494 e. The Kier molecular flexibility index (Phi) is 8.12. The van der Waals surface area contributed by atoms with Gasteiger partial charge in [0.2, 0.25) is 10.0 Å². The van der Waals surface area contributed by atoms with E-state index in [1.807, 2.05) is 6.92 Å². The van der Waals surface area contributed by atoms with Crippen molar-refractivity contribution in [2.45, 2.75) is 38.6 Å². The molecule has 0 radical (unpaired) electrons. The second-order valence-corrected chi connectivity index (χ2v) is 10.8. The molecule has 2 fully saturated rings. The van der Waals surface area contributed by atoms with Crippen LogP contribution in [-0.2, 0) is 10.0 Å². The molecule has 0 saturated carbocycles. The van der Waals surface area contributed by atoms with Crippen LogP contribution in [0.3, 0.4) is 0 Å². The van der Waals surface area contributed by atoms with Gasteiger partial charge in [-0.05, 0) is 55.4 Å². The molecule has 0 spiro atoms. The molecule has 3 atom stereocenters. The van der Waals surface area contributed by atoms with Gasteiger partial charge in [0.05, 0.1) is 24.0 Å². The molecule has 3 rings (SSSR count). The van der Waals surface area contributed by atoms with Gasteiger partial charge in [0.25, 0.3) is 0 Å². The second-order valence-electron chi connectivity index (χ2n) is 8.71. The Labute approximate surface area is 180 Å². The lowest BCUT2D eigenvalue weighted by Gasteiger charge is -2.45. The molecule has 1 aromatic rings. The highest BCUT2D eigenvalue weighted by Crippen LogP contribution is 2.30. The number of nitrogens with two attached hydrogens (primary N) is 1. The van der Waals surface area contributed by atoms with E-state index >= 15 is 0 Å². The van der Waals surface area contributed by atoms with E-state index in [1.54, 1.807) is 28.6 Å². The molecule has 166 valence electrons. The van der Waals surface area contributed by atoms with Crippen LogP contribution in [0.2, 0.25) is 0 Å². The SMILES string of the molecule is CCCCS(=O)(=O)N1CC2CC(CN(CC(N)CCOc3ccc(C#N)cc3)C2)C1. The molecule has 0 aliphatic carbocycles. The van der Waals surface area contributed by atoms with Crippen LogP contribution in [-0.4, -0.2) is 68.7 Å². The summed E-state index contributed by atoms with van der Waals surface area (Å²) in [6.07, 6.45) is 3.51. The van der Waals surface area contributed by atoms with Crippen molar-refractivity contribution in [2.24, 2.45) is 17.6 Å². The van der Waals surface area contributed by atoms with Crippen LogP contribution in [0.15, 0.2) is 24.3 Å². The maximum Gasteiger partial charge on any atom is 0.214 e. The number of rotatable bonds is 10. The fourth-order valence-electron chi connectivity index (χ4n) is 4.55. The smallest absolute Gasteiger partial charge is 0.214 e. The Balaban J connectivity index is 1.41. The summed E-state index contributed by atoms with van der Waals surface area (Å²) in [4.78, 5) is 2.40. The summed E-state index contributed by atoms with van der Waals surface area (Å²) in [6, 6.07) is 9.20. The molecule has 8 heteroatoms. The number of likely N-dealkylation sites (tertiary alicyclic amines) is 1. The maximum absolute atomic E-state index is 12.6. The molecule has 3 unspecified atom stereocenters. The third kappa shape index (κ3) is 6.42. The van der Waals surface area contributed by atoms with Crippen molar-refractivity contribution in [3.05, 3.63) is 29.8 Å². The van der Waals surface area contributed by atoms with Gasteiger partial charge in [-0.25, -0.2) is 12.7 Å². The molecule has 1 aromatic carbocycles. The zero-order valence-electron chi connectivity index (χ0n) is 17.9. The standard InChI is InChI=1S/C22H34N4O3S/c1-2-3-10-30(27,28)26-15-19-11-20(16-26)14-25(13-19)17-21(24)8-9-29-22-6-4-18(12-23)5-7-22/h4-7,19-21H,2-3,8-11,13-17,24H2,1H3. The van der Waals surface area contributed by atoms with Crippen molar-refractivity contribution in [3.63, 3.8) is 0 Å². The van der Waals surface area contributed by atoms with E-state index in [2.05, 4.69) is 11.0 Å². The first-order valence-electron chi connectivity index (χ1n) is 11.0. The predicted molar refractivity (Wildman–Crippen MR) is 118 cm³/mol. The minimum Gasteiger partial charge on any atom is -0.494 e. The van der Waals surface area contributed by atoms with Gasteiger partial charge >= 0.3 is 0 Å². The molecular weight excluding hydrogens is 400 g/mol. The molecule has 0 aromatic heterocycles. The van der Waals surface area contributed by atoms with Gasteiger partial charge in [0, 0.05) is 38.8 Å². The zero-order valence-corrected chi connectivity index (χ0v) is 18.7. The number of hydrogen-bond acceptors (Lipinski definition) is 6. The first kappa shape index (κ1) is 23.0. The molecule has 2 saturated heterocycles. The zero-order chi connectivity index (χ0) is 21.6. The van der Waals surface area contributed by atoms with Gasteiger partial charge < -0.3 is 15.4 Å². The maximum atomic E-state index is 12.6. The number of nitrogens with zero attached hydrogens (tertiary/aromatic N) is 3. The van der Waals surface area contributed by atoms with E-state index < -0.39 is 10.0 Å². The normalized spacial score (nSPS) is 23.6. The first-order valence-corrected chi connectivity index (χ1v) is 12.6. The van der Waals surface area contributed by atoms with Crippen molar-refractivity contribution in [2.75, 3.05) is 45.1 Å². The summed E-state index contributed by atoms with van der Waals surface area (Å²) in [5.41, 5.74) is 6.96. The van der Waals surface area contributed by atoms with Gasteiger partial charge in [-0.2, -0.15) is 5.26 Å². The number of sulfonamides is 1. The fourth-order valence-corrected chi connectivity index (χ4v) is 6.34. The van der Waals surface area contributed by atoms with E-state index in [1.165, 1.54) is 0 Å². The lowest BCUT2D eigenvalue weighted by atomic mass is 9.85. The van der Waals surface area contributed by atoms with Crippen LogP contribution in [0, 0.1) is 23.2 Å². The molecule has 2 bridgehead atoms. The highest BCUT2D eigenvalue weighted by atomic mass is 32.2. The summed E-state index contributed by atoms with van der Waals surface area (Å²) < 4.78 is 32.6. The van der Waals surface area contributed by atoms with E-state index in [-0.39, 0.29) is 11.8 Å². The van der Waals surface area contributed by atoms with Gasteiger partial charge in [0.15, 0.2) is 0 Å². The minimum atomic E-state index is -3.12. The molecule has 2 aliphatic heterocycles. The van der Waals surface area contributed by atoms with Gasteiger partial charge in [0.1, 0.15) is 5.75 Å². The minimum absolute atomic E-state index is 0.0200. The van der Waals surface area contributed by atoms with Crippen LogP contribution in [0.25, 0.3) is 0 Å². The molecule has 2 heterocycles. The topological polar surface area (TPSA) is 99.7 Å². The Morgan fingerprint density at radius 3 is 2.47 bits per heavy atom. The molecule has 30 heavy (non-hydrogen) atoms. The summed E-state index contributed by atoms with van der Waals surface area (Å²) in [6.45, 7) is 6.51. The lowest BCUT2D eigenvalue weighted by Crippen LogP contribution is -2.56. The average Bonchev–Trinajstić information content (AvgIpc) is 2.72. The summed E-state index contributed by atoms with van der Waals surface area (Å²) in [5.74, 6) is 1.82. The second kappa shape index (κ2) is 10.6. The number of nitriles is 1. The van der Waals surface area contributed by atoms with E-state index in [0.717, 1.165) is 51.1 Å². The van der Waals surface area contributed by atoms with Crippen molar-refractivity contribution < 1.29 is 13.2 Å². The van der Waals surface area contributed by atoms with Gasteiger partial charge in [-0.15, -0.1) is 0 Å². The van der Waals surface area contributed by atoms with E-state index in [0.29, 0.717) is 37.1 Å². The van der Waals surface area contributed by atoms with Crippen LogP contribution >= 0.6 is 0 Å². The molecule has 2 aliphatic rings. The molecule has 0 amide bonds. The lowest BCUT2D eigenvalue weighted by molar-refractivity contribution is 0.0598. The first-order chi connectivity index (χ1) is 14.4. The molecule has 2 N–H and O–H groups in total. The number of hydrogen-bond donors (Lipinski definition) is 1. The summed E-state index contributed by atoms with van der Waals surface area (Å²) >= 11 is 0. The Bertz CT molecular complexity index is 808. The summed E-state index contributed by atoms with van der Waals surface area (Å²) in [5, 5.41) is 8.84. The highest BCUT2D eigenvalue weighted by molar-refractivity contribution is 7.89. The number of benzene rings is 1. The number of ether oxygens (including phenoxy) is 1. The van der Waals surface area contributed by atoms with Crippen LogP contribution < -0.4 is 10.5 Å². The van der Waals surface area contributed by atoms with Crippen LogP contribution in [0.1, 0.15) is 38.2 Å². The Morgan fingerprint density at radius 1 is 1.20 bits per heavy atom. The summed E-state index contributed by atoms with van der Waals surface area (Å²) in [7, 11) is -3.12. The van der Waals surface area contributed by atoms with Crippen molar-refractivity contribution >= 4 is 10.0 Å². The third-order valence-electron chi connectivity index (χ3n) is 6.01. The predicted octanol–water partition coefficient (Wildman–Crippen LogP) is 2.04. The van der Waals surface area contributed by atoms with Crippen molar-refractivity contribution in [1.82, 2.24) is 9.21 Å². The Morgan fingerprint density at radius 2 is 1.87 bits per heavy atom. The quantitative estimate of drug-likeness (QED) is 0.605. The monoisotopic (exact) mass is 434 g/mol. The fraction of sp³-hybridized carbons (Fsp3) is 0.682. The van der Waals surface area contributed by atoms with Crippen molar-refractivity contribution in [1.29, 1.82) is 5.26 Å². The van der Waals surface area contributed by atoms with Crippen molar-refractivity contribution in [3.8, 4) is 11.8 Å². The number of unbranched alkanes of at least 4 members (excludes halogenated alkanes) is 1. The highest BCUT2D eigenvalue weighted by Gasteiger charge is 2.38. The molecular formula is C22H34N4O3S. The van der Waals surface area contributed by atoms with E-state index in [4.69, 9.17) is 15.7 Å². The molecule has 7 nitrogen and oxygen atoms in total. The van der Waals surface area contributed by atoms with Gasteiger partial charge in [-0.1, -0.05) is 13.3 Å².